The van der Waals surface area contributed by atoms with Crippen LogP contribution < -0.4 is 0 Å². The van der Waals surface area contributed by atoms with Crippen LogP contribution in [0.1, 0.15) is 27.8 Å². The summed E-state index contributed by atoms with van der Waals surface area (Å²) < 4.78 is 0. The highest BCUT2D eigenvalue weighted by molar-refractivity contribution is 5.99. The Morgan fingerprint density at radius 2 is 1.50 bits per heavy atom. The van der Waals surface area contributed by atoms with Crippen molar-refractivity contribution in [2.75, 3.05) is 0 Å². The molecule has 1 aliphatic rings. The van der Waals surface area contributed by atoms with Crippen LogP contribution in [0.25, 0.3) is 17.7 Å². The lowest BCUT2D eigenvalue weighted by molar-refractivity contribution is 1.36. The summed E-state index contributed by atoms with van der Waals surface area (Å²) in [4.78, 5) is 0. The first-order valence-electron chi connectivity index (χ1n) is 6.31. The maximum atomic E-state index is 2.26. The second-order valence-electron chi connectivity index (χ2n) is 4.83. The quantitative estimate of drug-likeness (QED) is 0.658. The smallest absolute Gasteiger partial charge is 0.00793 e. The van der Waals surface area contributed by atoms with Crippen LogP contribution in [-0.2, 0) is 0 Å². The average molecular weight is 232 g/mol. The Kier molecular flexibility index (Phi) is 2.64. The van der Waals surface area contributed by atoms with E-state index in [0.717, 1.165) is 0 Å². The van der Waals surface area contributed by atoms with Gasteiger partial charge in [-0.15, -0.1) is 0 Å². The minimum atomic E-state index is 1.26. The first-order chi connectivity index (χ1) is 8.75. The van der Waals surface area contributed by atoms with Crippen molar-refractivity contribution < 1.29 is 0 Å². The summed E-state index contributed by atoms with van der Waals surface area (Å²) in [6.07, 6.45) is 6.71. The zero-order chi connectivity index (χ0) is 12.5. The van der Waals surface area contributed by atoms with Gasteiger partial charge in [0.25, 0.3) is 0 Å². The van der Waals surface area contributed by atoms with Gasteiger partial charge < -0.3 is 0 Å². The Morgan fingerprint density at radius 1 is 0.778 bits per heavy atom. The van der Waals surface area contributed by atoms with Crippen molar-refractivity contribution in [3.05, 3.63) is 76.4 Å². The standard InChI is InChI=1S/C18H16/c1-13-8-9-14(2)18-16(10-11-17(13)18)12-15-6-4-3-5-7-15/h3-12H,1-2H3/b16-12+. The third kappa shape index (κ3) is 1.80. The highest BCUT2D eigenvalue weighted by Crippen LogP contribution is 2.35. The minimum Gasteiger partial charge on any atom is -0.0622 e. The van der Waals surface area contributed by atoms with Crippen LogP contribution in [0, 0.1) is 13.8 Å². The molecule has 0 heterocycles. The highest BCUT2D eigenvalue weighted by Gasteiger charge is 2.14. The molecule has 0 nitrogen and oxygen atoms in total. The maximum absolute atomic E-state index is 2.26. The van der Waals surface area contributed by atoms with E-state index in [4.69, 9.17) is 0 Å². The van der Waals surface area contributed by atoms with Crippen molar-refractivity contribution in [2.24, 2.45) is 0 Å². The van der Waals surface area contributed by atoms with Crippen LogP contribution >= 0.6 is 0 Å². The molecule has 0 aliphatic heterocycles. The predicted octanol–water partition coefficient (Wildman–Crippen LogP) is 4.87. The van der Waals surface area contributed by atoms with Gasteiger partial charge in [0.15, 0.2) is 0 Å². The largest absolute Gasteiger partial charge is 0.0622 e. The molecule has 0 saturated carbocycles. The molecule has 0 radical (unpaired) electrons. The molecule has 88 valence electrons. The molecule has 0 fully saturated rings. The van der Waals surface area contributed by atoms with E-state index in [9.17, 15) is 0 Å². The third-order valence-electron chi connectivity index (χ3n) is 3.51. The molecule has 2 aromatic carbocycles. The fraction of sp³-hybridized carbons (Fsp3) is 0.111. The number of fused-ring (bicyclic) bond motifs is 1. The zero-order valence-corrected chi connectivity index (χ0v) is 10.8. The van der Waals surface area contributed by atoms with E-state index >= 15 is 0 Å². The van der Waals surface area contributed by atoms with Crippen molar-refractivity contribution in [3.8, 4) is 0 Å². The normalized spacial score (nSPS) is 15.1. The van der Waals surface area contributed by atoms with E-state index < -0.39 is 0 Å². The molecule has 0 amide bonds. The first kappa shape index (κ1) is 11.0. The van der Waals surface area contributed by atoms with Crippen molar-refractivity contribution in [2.45, 2.75) is 13.8 Å². The van der Waals surface area contributed by atoms with E-state index in [1.807, 2.05) is 0 Å². The molecule has 0 spiro atoms. The van der Waals surface area contributed by atoms with Crippen molar-refractivity contribution in [1.29, 1.82) is 0 Å². The van der Waals surface area contributed by atoms with Crippen LogP contribution in [0.15, 0.2) is 48.5 Å². The van der Waals surface area contributed by atoms with Crippen LogP contribution in [0.4, 0.5) is 0 Å². The summed E-state index contributed by atoms with van der Waals surface area (Å²) in [5.74, 6) is 0. The van der Waals surface area contributed by atoms with Crippen LogP contribution in [0.5, 0.6) is 0 Å². The number of hydrogen-bond donors (Lipinski definition) is 0. The molecule has 0 N–H and O–H groups in total. The predicted molar refractivity (Wildman–Crippen MR) is 79.3 cm³/mol. The number of benzene rings is 2. The van der Waals surface area contributed by atoms with Gasteiger partial charge in [-0.2, -0.15) is 0 Å². The molecule has 0 unspecified atom stereocenters. The van der Waals surface area contributed by atoms with Gasteiger partial charge in [-0.1, -0.05) is 54.6 Å². The molecule has 2 aromatic rings. The lowest BCUT2D eigenvalue weighted by Crippen LogP contribution is -1.90. The number of aryl methyl sites for hydroxylation is 2. The molecule has 1 aliphatic carbocycles. The molecule has 0 aromatic heterocycles. The summed E-state index contributed by atoms with van der Waals surface area (Å²) in [6, 6.07) is 14.9. The monoisotopic (exact) mass is 232 g/mol. The van der Waals surface area contributed by atoms with Crippen LogP contribution in [-0.4, -0.2) is 0 Å². The van der Waals surface area contributed by atoms with Crippen LogP contribution in [0.2, 0.25) is 0 Å². The molecule has 0 heteroatoms. The van der Waals surface area contributed by atoms with E-state index in [1.165, 1.54) is 33.4 Å². The summed E-state index contributed by atoms with van der Waals surface area (Å²) in [5, 5.41) is 0. The molecular weight excluding hydrogens is 216 g/mol. The average Bonchev–Trinajstić information content (AvgIpc) is 2.80. The van der Waals surface area contributed by atoms with Crippen molar-refractivity contribution >= 4 is 17.7 Å². The SMILES string of the molecule is Cc1ccc(C)c2c1C=C/C2=C\c1ccccc1. The number of rotatable bonds is 1. The van der Waals surface area contributed by atoms with E-state index in [1.54, 1.807) is 0 Å². The van der Waals surface area contributed by atoms with Gasteiger partial charge in [-0.3, -0.25) is 0 Å². The summed E-state index contributed by atoms with van der Waals surface area (Å²) in [6.45, 7) is 4.36. The van der Waals surface area contributed by atoms with Gasteiger partial charge in [0.1, 0.15) is 0 Å². The third-order valence-corrected chi connectivity index (χ3v) is 3.51. The van der Waals surface area contributed by atoms with Gasteiger partial charge in [0.2, 0.25) is 0 Å². The number of hydrogen-bond acceptors (Lipinski definition) is 0. The Morgan fingerprint density at radius 3 is 2.28 bits per heavy atom. The Hall–Kier alpha value is -2.08. The van der Waals surface area contributed by atoms with E-state index in [0.29, 0.717) is 0 Å². The first-order valence-corrected chi connectivity index (χ1v) is 6.31. The fourth-order valence-corrected chi connectivity index (χ4v) is 2.54. The topological polar surface area (TPSA) is 0 Å². The minimum absolute atomic E-state index is 1.26. The molecule has 0 saturated heterocycles. The highest BCUT2D eigenvalue weighted by atomic mass is 14.2. The summed E-state index contributed by atoms with van der Waals surface area (Å²) in [7, 11) is 0. The summed E-state index contributed by atoms with van der Waals surface area (Å²) in [5.41, 5.74) is 8.03. The van der Waals surface area contributed by atoms with E-state index in [2.05, 4.69) is 74.5 Å². The summed E-state index contributed by atoms with van der Waals surface area (Å²) >= 11 is 0. The van der Waals surface area contributed by atoms with Gasteiger partial charge in [-0.25, -0.2) is 0 Å². The fourth-order valence-electron chi connectivity index (χ4n) is 2.54. The Balaban J connectivity index is 2.14. The van der Waals surface area contributed by atoms with Gasteiger partial charge in [0.05, 0.1) is 0 Å². The van der Waals surface area contributed by atoms with Gasteiger partial charge >= 0.3 is 0 Å². The van der Waals surface area contributed by atoms with Gasteiger partial charge in [0, 0.05) is 0 Å². The molecule has 0 atom stereocenters. The second-order valence-corrected chi connectivity index (χ2v) is 4.83. The molecule has 18 heavy (non-hydrogen) atoms. The van der Waals surface area contributed by atoms with Crippen molar-refractivity contribution in [3.63, 3.8) is 0 Å². The maximum Gasteiger partial charge on any atom is -0.00793 e. The number of allylic oxidation sites excluding steroid dienone is 2. The zero-order valence-electron chi connectivity index (χ0n) is 10.8. The molecule has 0 bridgehead atoms. The lowest BCUT2D eigenvalue weighted by Gasteiger charge is -2.08. The Bertz CT molecular complexity index is 643. The van der Waals surface area contributed by atoms with Gasteiger partial charge in [-0.05, 0) is 53.3 Å². The van der Waals surface area contributed by atoms with Crippen LogP contribution in [0.3, 0.4) is 0 Å². The van der Waals surface area contributed by atoms with E-state index in [-0.39, 0.29) is 0 Å². The second kappa shape index (κ2) is 4.30. The lowest BCUT2D eigenvalue weighted by atomic mass is 9.96. The molecular formula is C18H16. The van der Waals surface area contributed by atoms with Crippen molar-refractivity contribution in [1.82, 2.24) is 0 Å². The Labute approximate surface area is 108 Å². The molecule has 3 rings (SSSR count).